The fourth-order valence-electron chi connectivity index (χ4n) is 3.23. The van der Waals surface area contributed by atoms with Gasteiger partial charge in [0.1, 0.15) is 5.82 Å². The summed E-state index contributed by atoms with van der Waals surface area (Å²) in [5, 5.41) is 3.48. The van der Waals surface area contributed by atoms with Crippen molar-refractivity contribution >= 4 is 22.5 Å². The second-order valence-electron chi connectivity index (χ2n) is 7.13. The molecule has 0 fully saturated rings. The summed E-state index contributed by atoms with van der Waals surface area (Å²) in [6, 6.07) is 24.5. The molecule has 0 aliphatic heterocycles. The number of fused-ring (bicyclic) bond motifs is 1. The molecule has 1 heterocycles. The summed E-state index contributed by atoms with van der Waals surface area (Å²) >= 11 is 0. The van der Waals surface area contributed by atoms with E-state index in [2.05, 4.69) is 27.1 Å². The van der Waals surface area contributed by atoms with Gasteiger partial charge in [-0.1, -0.05) is 48.2 Å². The van der Waals surface area contributed by atoms with Crippen LogP contribution in [0.4, 0.5) is 5.69 Å². The standard InChI is InChI=1S/C26H21N3O2/c30-25(15-7-14-24-28-23-13-5-4-12-22(23)26(31)29-24)27-21-11-6-10-20(18-21)17-16-19-8-2-1-3-9-19/h1-6,8-13,18H,7,14-15H2,(H,27,30)(H,28,29,31). The number of carbonyl (C=O) groups excluding carboxylic acids is 1. The molecule has 0 aliphatic rings. The smallest absolute Gasteiger partial charge is 0.258 e. The number of hydrogen-bond donors (Lipinski definition) is 2. The van der Waals surface area contributed by atoms with Crippen molar-refractivity contribution in [3.8, 4) is 11.8 Å². The van der Waals surface area contributed by atoms with Crippen LogP contribution in [-0.2, 0) is 11.2 Å². The second kappa shape index (κ2) is 9.55. The van der Waals surface area contributed by atoms with Gasteiger partial charge >= 0.3 is 0 Å². The number of hydrogen-bond acceptors (Lipinski definition) is 3. The maximum Gasteiger partial charge on any atom is 0.258 e. The Kier molecular flexibility index (Phi) is 6.20. The van der Waals surface area contributed by atoms with Crippen LogP contribution in [0.15, 0.2) is 83.7 Å². The molecule has 0 bridgehead atoms. The molecule has 0 spiro atoms. The van der Waals surface area contributed by atoms with E-state index in [0.29, 0.717) is 41.7 Å². The molecule has 0 unspecified atom stereocenters. The van der Waals surface area contributed by atoms with Crippen LogP contribution < -0.4 is 10.9 Å². The minimum absolute atomic E-state index is 0.0868. The van der Waals surface area contributed by atoms with Crippen molar-refractivity contribution in [1.82, 2.24) is 9.97 Å². The van der Waals surface area contributed by atoms with Gasteiger partial charge in [-0.05, 0) is 48.9 Å². The van der Waals surface area contributed by atoms with Crippen LogP contribution in [0, 0.1) is 11.8 Å². The van der Waals surface area contributed by atoms with Crippen molar-refractivity contribution in [3.05, 3.63) is 106 Å². The highest BCUT2D eigenvalue weighted by Gasteiger charge is 2.06. The highest BCUT2D eigenvalue weighted by atomic mass is 16.1. The maximum atomic E-state index is 12.3. The van der Waals surface area contributed by atoms with Crippen molar-refractivity contribution in [3.63, 3.8) is 0 Å². The zero-order valence-electron chi connectivity index (χ0n) is 16.9. The number of carbonyl (C=O) groups is 1. The fraction of sp³-hybridized carbons (Fsp3) is 0.115. The quantitative estimate of drug-likeness (QED) is 0.485. The van der Waals surface area contributed by atoms with E-state index in [0.717, 1.165) is 11.1 Å². The lowest BCUT2D eigenvalue weighted by atomic mass is 10.1. The van der Waals surface area contributed by atoms with Gasteiger partial charge in [-0.3, -0.25) is 9.59 Å². The number of benzene rings is 3. The van der Waals surface area contributed by atoms with Crippen LogP contribution in [0.2, 0.25) is 0 Å². The summed E-state index contributed by atoms with van der Waals surface area (Å²) in [7, 11) is 0. The lowest BCUT2D eigenvalue weighted by Gasteiger charge is -2.06. The molecule has 152 valence electrons. The summed E-state index contributed by atoms with van der Waals surface area (Å²) in [5.74, 6) is 6.73. The third-order valence-corrected chi connectivity index (χ3v) is 4.75. The molecule has 2 N–H and O–H groups in total. The average molecular weight is 407 g/mol. The molecule has 0 saturated heterocycles. The summed E-state index contributed by atoms with van der Waals surface area (Å²) in [6.45, 7) is 0. The van der Waals surface area contributed by atoms with Gasteiger partial charge in [0.15, 0.2) is 0 Å². The van der Waals surface area contributed by atoms with Crippen molar-refractivity contribution in [1.29, 1.82) is 0 Å². The zero-order valence-corrected chi connectivity index (χ0v) is 16.9. The van der Waals surface area contributed by atoms with Crippen LogP contribution >= 0.6 is 0 Å². The van der Waals surface area contributed by atoms with Crippen LogP contribution in [-0.4, -0.2) is 15.9 Å². The zero-order chi connectivity index (χ0) is 21.5. The van der Waals surface area contributed by atoms with E-state index < -0.39 is 0 Å². The molecular weight excluding hydrogens is 386 g/mol. The molecule has 0 radical (unpaired) electrons. The molecule has 1 aromatic heterocycles. The average Bonchev–Trinajstić information content (AvgIpc) is 2.79. The molecule has 4 aromatic rings. The Balaban J connectivity index is 1.33. The first kappa shape index (κ1) is 20.1. The molecule has 0 aliphatic carbocycles. The Morgan fingerprint density at radius 3 is 2.52 bits per heavy atom. The van der Waals surface area contributed by atoms with Crippen molar-refractivity contribution in [2.24, 2.45) is 0 Å². The normalized spacial score (nSPS) is 10.3. The third-order valence-electron chi connectivity index (χ3n) is 4.75. The number of aromatic nitrogens is 2. The number of nitrogens with one attached hydrogen (secondary N) is 2. The summed E-state index contributed by atoms with van der Waals surface area (Å²) in [4.78, 5) is 31.7. The van der Waals surface area contributed by atoms with Gasteiger partial charge in [0.05, 0.1) is 10.9 Å². The predicted molar refractivity (Wildman–Crippen MR) is 123 cm³/mol. The van der Waals surface area contributed by atoms with E-state index in [4.69, 9.17) is 0 Å². The lowest BCUT2D eigenvalue weighted by Crippen LogP contribution is -2.14. The molecule has 0 atom stereocenters. The van der Waals surface area contributed by atoms with Gasteiger partial charge < -0.3 is 10.3 Å². The molecule has 4 rings (SSSR count). The number of para-hydroxylation sites is 1. The minimum Gasteiger partial charge on any atom is -0.326 e. The molecule has 5 nitrogen and oxygen atoms in total. The topological polar surface area (TPSA) is 74.8 Å². The second-order valence-corrected chi connectivity index (χ2v) is 7.13. The number of rotatable bonds is 5. The number of nitrogens with zero attached hydrogens (tertiary/aromatic N) is 1. The largest absolute Gasteiger partial charge is 0.326 e. The van der Waals surface area contributed by atoms with Gasteiger partial charge in [0.25, 0.3) is 5.56 Å². The minimum atomic E-state index is -0.154. The number of amides is 1. The molecular formula is C26H21N3O2. The lowest BCUT2D eigenvalue weighted by molar-refractivity contribution is -0.116. The number of aryl methyl sites for hydroxylation is 1. The van der Waals surface area contributed by atoms with Gasteiger partial charge in [0, 0.05) is 29.7 Å². The number of anilines is 1. The molecule has 0 saturated carbocycles. The monoisotopic (exact) mass is 407 g/mol. The van der Waals surface area contributed by atoms with Crippen molar-refractivity contribution < 1.29 is 4.79 Å². The number of aromatic amines is 1. The molecule has 31 heavy (non-hydrogen) atoms. The van der Waals surface area contributed by atoms with E-state index in [9.17, 15) is 9.59 Å². The van der Waals surface area contributed by atoms with E-state index in [1.54, 1.807) is 6.07 Å². The highest BCUT2D eigenvalue weighted by molar-refractivity contribution is 5.90. The first-order chi connectivity index (χ1) is 15.2. The Morgan fingerprint density at radius 2 is 1.65 bits per heavy atom. The molecule has 5 heteroatoms. The SMILES string of the molecule is O=C(CCCc1nc2ccccc2c(=O)[nH]1)Nc1cccc(C#Cc2ccccc2)c1. The molecule has 3 aromatic carbocycles. The predicted octanol–water partition coefficient (Wildman–Crippen LogP) is 4.28. The maximum absolute atomic E-state index is 12.3. The van der Waals surface area contributed by atoms with Crippen molar-refractivity contribution in [2.45, 2.75) is 19.3 Å². The first-order valence-corrected chi connectivity index (χ1v) is 10.1. The van der Waals surface area contributed by atoms with E-state index in [1.165, 1.54) is 0 Å². The van der Waals surface area contributed by atoms with Gasteiger partial charge in [0.2, 0.25) is 5.91 Å². The van der Waals surface area contributed by atoms with Crippen LogP contribution in [0.25, 0.3) is 10.9 Å². The molecule has 1 amide bonds. The summed E-state index contributed by atoms with van der Waals surface area (Å²) in [5.41, 5.74) is 3.00. The van der Waals surface area contributed by atoms with Crippen LogP contribution in [0.1, 0.15) is 29.8 Å². The Morgan fingerprint density at radius 1 is 0.903 bits per heavy atom. The van der Waals surface area contributed by atoms with Crippen molar-refractivity contribution in [2.75, 3.05) is 5.32 Å². The Bertz CT molecular complexity index is 1330. The Hall–Kier alpha value is -4.17. The summed E-state index contributed by atoms with van der Waals surface area (Å²) in [6.07, 6.45) is 1.44. The van der Waals surface area contributed by atoms with E-state index >= 15 is 0 Å². The van der Waals surface area contributed by atoms with Crippen LogP contribution in [0.3, 0.4) is 0 Å². The number of H-pyrrole nitrogens is 1. The van der Waals surface area contributed by atoms with Crippen LogP contribution in [0.5, 0.6) is 0 Å². The first-order valence-electron chi connectivity index (χ1n) is 10.1. The van der Waals surface area contributed by atoms with Gasteiger partial charge in [-0.15, -0.1) is 0 Å². The van der Waals surface area contributed by atoms with Gasteiger partial charge in [-0.2, -0.15) is 0 Å². The Labute approximate surface area is 180 Å². The third kappa shape index (κ3) is 5.46. The van der Waals surface area contributed by atoms with E-state index in [1.807, 2.05) is 72.8 Å². The van der Waals surface area contributed by atoms with Gasteiger partial charge in [-0.25, -0.2) is 4.98 Å². The van der Waals surface area contributed by atoms with E-state index in [-0.39, 0.29) is 11.5 Å². The summed E-state index contributed by atoms with van der Waals surface area (Å²) < 4.78 is 0. The fourth-order valence-corrected chi connectivity index (χ4v) is 3.23. The highest BCUT2D eigenvalue weighted by Crippen LogP contribution is 2.12.